The van der Waals surface area contributed by atoms with Crippen molar-refractivity contribution in [2.45, 2.75) is 92.1 Å². The van der Waals surface area contributed by atoms with Crippen LogP contribution < -0.4 is 0 Å². The van der Waals surface area contributed by atoms with Crippen LogP contribution in [0.25, 0.3) is 0 Å². The van der Waals surface area contributed by atoms with Crippen molar-refractivity contribution >= 4 is 5.97 Å². The van der Waals surface area contributed by atoms with Gasteiger partial charge in [-0.1, -0.05) is 108 Å². The van der Waals surface area contributed by atoms with E-state index in [-0.39, 0.29) is 12.1 Å². The maximum absolute atomic E-state index is 12.0. The molecule has 0 atom stereocenters. The van der Waals surface area contributed by atoms with Crippen LogP contribution in [0.3, 0.4) is 0 Å². The lowest BCUT2D eigenvalue weighted by atomic mass is 9.96. The maximum atomic E-state index is 12.0. The molecule has 0 amide bonds. The van der Waals surface area contributed by atoms with Crippen LogP contribution in [0.1, 0.15) is 86.0 Å². The average Bonchev–Trinajstić information content (AvgIpc) is 2.73. The topological polar surface area (TPSA) is 26.3 Å². The molecule has 0 rings (SSSR count). The smallest absolute Gasteiger partial charge is 0.306 e. The van der Waals surface area contributed by atoms with E-state index in [9.17, 15) is 4.79 Å². The molecule has 0 fully saturated rings. The van der Waals surface area contributed by atoms with Crippen LogP contribution >= 0.6 is 0 Å². The lowest BCUT2D eigenvalue weighted by molar-refractivity contribution is -0.153. The molecule has 0 N–H and O–H groups in total. The van der Waals surface area contributed by atoms with Gasteiger partial charge in [0.2, 0.25) is 0 Å². The standard InChI is InChI=1S/C29H46O2/c1-6-7-8-9-10-11-12-13-14-15-16-17-18-19-20-21-22-23-24-25-28(30)31-29(26(2)3)27(4)5/h7-8,10-11,13-14,16-17,19-20,22-23,26-27,29H,6,9,12,15,18,21,24-25H2,1-5H3/b8-7-,11-10-,14-13-,17-16-,20-19-,23-22-. The van der Waals surface area contributed by atoms with Crippen LogP contribution in [0.5, 0.6) is 0 Å². The van der Waals surface area contributed by atoms with Gasteiger partial charge in [0.25, 0.3) is 0 Å². The van der Waals surface area contributed by atoms with E-state index in [1.54, 1.807) is 0 Å². The maximum Gasteiger partial charge on any atom is 0.306 e. The molecule has 0 spiro atoms. The van der Waals surface area contributed by atoms with Crippen molar-refractivity contribution in [2.75, 3.05) is 0 Å². The number of hydrogen-bond acceptors (Lipinski definition) is 2. The van der Waals surface area contributed by atoms with Gasteiger partial charge in [-0.2, -0.15) is 0 Å². The second-order valence-corrected chi connectivity index (χ2v) is 8.40. The minimum Gasteiger partial charge on any atom is -0.462 e. The Labute approximate surface area is 192 Å². The highest BCUT2D eigenvalue weighted by atomic mass is 16.5. The molecular formula is C29H46O2. The van der Waals surface area contributed by atoms with Crippen LogP contribution in [0, 0.1) is 11.8 Å². The number of esters is 1. The van der Waals surface area contributed by atoms with E-state index in [1.165, 1.54) is 0 Å². The summed E-state index contributed by atoms with van der Waals surface area (Å²) in [5.74, 6) is 0.622. The number of hydrogen-bond donors (Lipinski definition) is 0. The number of ether oxygens (including phenoxy) is 1. The minimum atomic E-state index is -0.0908. The zero-order valence-corrected chi connectivity index (χ0v) is 20.6. The summed E-state index contributed by atoms with van der Waals surface area (Å²) in [5, 5.41) is 0. The summed E-state index contributed by atoms with van der Waals surface area (Å²) < 4.78 is 5.61. The number of allylic oxidation sites excluding steroid dienone is 12. The van der Waals surface area contributed by atoms with Crippen molar-refractivity contribution in [3.63, 3.8) is 0 Å². The van der Waals surface area contributed by atoms with Crippen molar-refractivity contribution in [1.82, 2.24) is 0 Å². The quantitative estimate of drug-likeness (QED) is 0.172. The molecule has 2 heteroatoms. The van der Waals surface area contributed by atoms with Crippen LogP contribution in [0.2, 0.25) is 0 Å². The molecule has 174 valence electrons. The molecule has 0 unspecified atom stereocenters. The molecule has 0 heterocycles. The molecule has 0 bridgehead atoms. The molecule has 0 saturated heterocycles. The Bertz CT molecular complexity index is 592. The molecule has 0 aromatic carbocycles. The van der Waals surface area contributed by atoms with Crippen LogP contribution in [0.15, 0.2) is 72.9 Å². The predicted octanol–water partition coefficient (Wildman–Crippen LogP) is 8.69. The van der Waals surface area contributed by atoms with Gasteiger partial charge in [-0.25, -0.2) is 0 Å². The first-order valence-corrected chi connectivity index (χ1v) is 12.1. The monoisotopic (exact) mass is 426 g/mol. The van der Waals surface area contributed by atoms with Gasteiger partial charge in [-0.15, -0.1) is 0 Å². The van der Waals surface area contributed by atoms with Crippen molar-refractivity contribution < 1.29 is 9.53 Å². The summed E-state index contributed by atoms with van der Waals surface area (Å²) in [4.78, 5) is 12.0. The van der Waals surface area contributed by atoms with E-state index in [4.69, 9.17) is 4.74 Å². The van der Waals surface area contributed by atoms with E-state index < -0.39 is 0 Å². The fourth-order valence-electron chi connectivity index (χ4n) is 3.09. The molecular weight excluding hydrogens is 380 g/mol. The van der Waals surface area contributed by atoms with Gasteiger partial charge >= 0.3 is 5.97 Å². The van der Waals surface area contributed by atoms with Crippen molar-refractivity contribution in [3.8, 4) is 0 Å². The van der Waals surface area contributed by atoms with Crippen molar-refractivity contribution in [3.05, 3.63) is 72.9 Å². The molecule has 0 aliphatic heterocycles. The summed E-state index contributed by atoms with van der Waals surface area (Å²) in [6.07, 6.45) is 33.4. The molecule has 31 heavy (non-hydrogen) atoms. The Hall–Kier alpha value is -2.09. The number of rotatable bonds is 17. The zero-order valence-electron chi connectivity index (χ0n) is 20.6. The number of carbonyl (C=O) groups is 1. The molecule has 0 aromatic heterocycles. The fourth-order valence-corrected chi connectivity index (χ4v) is 3.09. The summed E-state index contributed by atoms with van der Waals surface area (Å²) in [5.41, 5.74) is 0. The van der Waals surface area contributed by atoms with Gasteiger partial charge in [0.15, 0.2) is 0 Å². The Morgan fingerprint density at radius 2 is 0.968 bits per heavy atom. The fraction of sp³-hybridized carbons (Fsp3) is 0.552. The second kappa shape index (κ2) is 21.2. The highest BCUT2D eigenvalue weighted by Gasteiger charge is 2.21. The molecule has 2 nitrogen and oxygen atoms in total. The lowest BCUT2D eigenvalue weighted by Crippen LogP contribution is -2.28. The Morgan fingerprint density at radius 1 is 0.613 bits per heavy atom. The minimum absolute atomic E-state index is 0.0118. The second-order valence-electron chi connectivity index (χ2n) is 8.40. The average molecular weight is 427 g/mol. The largest absolute Gasteiger partial charge is 0.462 e. The first-order chi connectivity index (χ1) is 15.0. The van der Waals surface area contributed by atoms with E-state index >= 15 is 0 Å². The zero-order chi connectivity index (χ0) is 23.2. The molecule has 0 aliphatic rings. The Morgan fingerprint density at radius 3 is 1.32 bits per heavy atom. The van der Waals surface area contributed by atoms with Crippen LogP contribution in [0.4, 0.5) is 0 Å². The van der Waals surface area contributed by atoms with Crippen LogP contribution in [-0.2, 0) is 9.53 Å². The highest BCUT2D eigenvalue weighted by Crippen LogP contribution is 2.17. The molecule has 0 radical (unpaired) electrons. The molecule has 0 aliphatic carbocycles. The van der Waals surface area contributed by atoms with E-state index in [2.05, 4.69) is 108 Å². The first-order valence-electron chi connectivity index (χ1n) is 12.1. The van der Waals surface area contributed by atoms with Gasteiger partial charge < -0.3 is 4.74 Å². The van der Waals surface area contributed by atoms with Crippen molar-refractivity contribution in [2.24, 2.45) is 11.8 Å². The third-order valence-corrected chi connectivity index (χ3v) is 4.69. The van der Waals surface area contributed by atoms with E-state index in [0.29, 0.717) is 18.3 Å². The van der Waals surface area contributed by atoms with Gasteiger partial charge in [0, 0.05) is 6.42 Å². The summed E-state index contributed by atoms with van der Waals surface area (Å²) in [7, 11) is 0. The Kier molecular flexibility index (Phi) is 19.7. The summed E-state index contributed by atoms with van der Waals surface area (Å²) in [6.45, 7) is 10.6. The summed E-state index contributed by atoms with van der Waals surface area (Å²) in [6, 6.07) is 0. The van der Waals surface area contributed by atoms with Gasteiger partial charge in [0.1, 0.15) is 6.10 Å². The van der Waals surface area contributed by atoms with E-state index in [0.717, 1.165) is 44.9 Å². The van der Waals surface area contributed by atoms with Gasteiger partial charge in [-0.05, 0) is 56.8 Å². The highest BCUT2D eigenvalue weighted by molar-refractivity contribution is 5.69. The Balaban J connectivity index is 3.75. The predicted molar refractivity (Wildman–Crippen MR) is 137 cm³/mol. The summed E-state index contributed by atoms with van der Waals surface area (Å²) >= 11 is 0. The van der Waals surface area contributed by atoms with Gasteiger partial charge in [0.05, 0.1) is 0 Å². The SMILES string of the molecule is CC/C=C\C/C=C\C/C=C\C/C=C\C/C=C\C/C=C\CCC(=O)OC(C(C)C)C(C)C. The normalized spacial score (nSPS) is 13.3. The van der Waals surface area contributed by atoms with Crippen molar-refractivity contribution in [1.29, 1.82) is 0 Å². The third kappa shape index (κ3) is 19.6. The van der Waals surface area contributed by atoms with Gasteiger partial charge in [-0.3, -0.25) is 4.79 Å². The first kappa shape index (κ1) is 28.9. The van der Waals surface area contributed by atoms with E-state index in [1.807, 2.05) is 0 Å². The number of carbonyl (C=O) groups excluding carboxylic acids is 1. The van der Waals surface area contributed by atoms with Crippen LogP contribution in [-0.4, -0.2) is 12.1 Å². The lowest BCUT2D eigenvalue weighted by Gasteiger charge is -2.24. The molecule has 0 saturated carbocycles. The molecule has 0 aromatic rings. The third-order valence-electron chi connectivity index (χ3n) is 4.69.